The number of esters is 3. The maximum absolute atomic E-state index is 12.9. The van der Waals surface area contributed by atoms with E-state index >= 15 is 0 Å². The Morgan fingerprint density at radius 2 is 0.493 bits per heavy atom. The first-order valence-corrected chi connectivity index (χ1v) is 30.2. The highest BCUT2D eigenvalue weighted by molar-refractivity contribution is 5.71. The average molecular weight is 948 g/mol. The zero-order valence-electron chi connectivity index (χ0n) is 46.0. The van der Waals surface area contributed by atoms with Crippen LogP contribution in [0.1, 0.15) is 343 Å². The first kappa shape index (κ1) is 65.4. The van der Waals surface area contributed by atoms with Crippen LogP contribution in [0.25, 0.3) is 0 Å². The number of unbranched alkanes of at least 4 members (excludes halogenated alkanes) is 40. The number of ether oxygens (including phenoxy) is 3. The highest BCUT2D eigenvalue weighted by atomic mass is 16.6. The lowest BCUT2D eigenvalue weighted by Crippen LogP contribution is -2.30. The molecule has 0 aliphatic rings. The highest BCUT2D eigenvalue weighted by Crippen LogP contribution is 2.18. The Balaban J connectivity index is 4.28. The number of carbonyl (C=O) groups excluding carboxylic acids is 3. The molecule has 6 heteroatoms. The van der Waals surface area contributed by atoms with Gasteiger partial charge in [-0.3, -0.25) is 14.4 Å². The van der Waals surface area contributed by atoms with E-state index in [1.54, 1.807) is 0 Å². The fraction of sp³-hybridized carbons (Fsp3) is 0.951. The van der Waals surface area contributed by atoms with Gasteiger partial charge >= 0.3 is 17.9 Å². The molecule has 0 radical (unpaired) electrons. The predicted molar refractivity (Wildman–Crippen MR) is 289 cm³/mol. The van der Waals surface area contributed by atoms with Crippen molar-refractivity contribution in [1.29, 1.82) is 0 Å². The standard InChI is InChI=1S/C61H118O6/c1-6-7-8-9-10-11-12-13-14-15-16-19-23-26-33-38-43-48-53-61(64)67-58(55-66-60(63)52-47-42-37-32-28-27-30-35-40-45-50-57(4)5)54-65-59(62)51-46-41-36-31-25-22-20-17-18-21-24-29-34-39-44-49-56(2)3/h56-58H,6-55H2,1-5H3/t58-/m1/s1. The maximum Gasteiger partial charge on any atom is 0.306 e. The Bertz CT molecular complexity index is 1020. The van der Waals surface area contributed by atoms with Crippen LogP contribution in [-0.4, -0.2) is 37.2 Å². The molecule has 0 N–H and O–H groups in total. The summed E-state index contributed by atoms with van der Waals surface area (Å²) >= 11 is 0. The van der Waals surface area contributed by atoms with Crippen LogP contribution in [0.2, 0.25) is 0 Å². The molecule has 67 heavy (non-hydrogen) atoms. The zero-order valence-corrected chi connectivity index (χ0v) is 46.0. The lowest BCUT2D eigenvalue weighted by Gasteiger charge is -2.18. The van der Waals surface area contributed by atoms with E-state index in [0.29, 0.717) is 19.3 Å². The minimum atomic E-state index is -0.763. The van der Waals surface area contributed by atoms with Gasteiger partial charge in [0.15, 0.2) is 6.10 Å². The smallest absolute Gasteiger partial charge is 0.306 e. The molecule has 0 spiro atoms. The molecule has 398 valence electrons. The van der Waals surface area contributed by atoms with Gasteiger partial charge in [-0.05, 0) is 31.1 Å². The van der Waals surface area contributed by atoms with Crippen LogP contribution in [0.5, 0.6) is 0 Å². The molecule has 0 saturated carbocycles. The van der Waals surface area contributed by atoms with Gasteiger partial charge in [0.2, 0.25) is 0 Å². The van der Waals surface area contributed by atoms with E-state index in [-0.39, 0.29) is 31.1 Å². The predicted octanol–water partition coefficient (Wildman–Crippen LogP) is 20.0. The van der Waals surface area contributed by atoms with E-state index in [1.165, 1.54) is 231 Å². The van der Waals surface area contributed by atoms with Crippen molar-refractivity contribution in [3.05, 3.63) is 0 Å². The van der Waals surface area contributed by atoms with Crippen LogP contribution in [0, 0.1) is 11.8 Å². The first-order valence-electron chi connectivity index (χ1n) is 30.2. The van der Waals surface area contributed by atoms with Crippen LogP contribution < -0.4 is 0 Å². The zero-order chi connectivity index (χ0) is 48.9. The Morgan fingerprint density at radius 3 is 0.731 bits per heavy atom. The molecule has 0 rings (SSSR count). The number of rotatable bonds is 55. The summed E-state index contributed by atoms with van der Waals surface area (Å²) in [7, 11) is 0. The Labute approximate surface area is 418 Å². The quantitative estimate of drug-likeness (QED) is 0.0343. The molecular formula is C61H118O6. The summed E-state index contributed by atoms with van der Waals surface area (Å²) in [6.07, 6.45) is 58.1. The summed E-state index contributed by atoms with van der Waals surface area (Å²) in [5, 5.41) is 0. The second kappa shape index (κ2) is 53.8. The molecule has 1 atom stereocenters. The van der Waals surface area contributed by atoms with Crippen molar-refractivity contribution in [2.45, 2.75) is 349 Å². The lowest BCUT2D eigenvalue weighted by atomic mass is 10.0. The fourth-order valence-corrected chi connectivity index (χ4v) is 9.40. The largest absolute Gasteiger partial charge is 0.462 e. The third-order valence-electron chi connectivity index (χ3n) is 14.0. The van der Waals surface area contributed by atoms with Crippen molar-refractivity contribution in [2.75, 3.05) is 13.2 Å². The fourth-order valence-electron chi connectivity index (χ4n) is 9.40. The summed E-state index contributed by atoms with van der Waals surface area (Å²) in [6, 6.07) is 0. The third-order valence-corrected chi connectivity index (χ3v) is 14.0. The lowest BCUT2D eigenvalue weighted by molar-refractivity contribution is -0.167. The van der Waals surface area contributed by atoms with Crippen LogP contribution in [-0.2, 0) is 28.6 Å². The number of hydrogen-bond donors (Lipinski definition) is 0. The van der Waals surface area contributed by atoms with Gasteiger partial charge in [0.1, 0.15) is 13.2 Å². The van der Waals surface area contributed by atoms with Crippen LogP contribution >= 0.6 is 0 Å². The van der Waals surface area contributed by atoms with Crippen molar-refractivity contribution < 1.29 is 28.6 Å². The van der Waals surface area contributed by atoms with E-state index in [4.69, 9.17) is 14.2 Å². The molecule has 0 unspecified atom stereocenters. The van der Waals surface area contributed by atoms with Crippen LogP contribution in [0.4, 0.5) is 0 Å². The van der Waals surface area contributed by atoms with Gasteiger partial charge in [-0.1, -0.05) is 304 Å². The molecule has 0 aromatic rings. The summed E-state index contributed by atoms with van der Waals surface area (Å²) in [5.41, 5.74) is 0. The van der Waals surface area contributed by atoms with Gasteiger partial charge in [0, 0.05) is 19.3 Å². The molecular weight excluding hydrogens is 829 g/mol. The van der Waals surface area contributed by atoms with Gasteiger partial charge in [-0.15, -0.1) is 0 Å². The normalized spacial score (nSPS) is 12.0. The van der Waals surface area contributed by atoms with E-state index in [2.05, 4.69) is 34.6 Å². The molecule has 0 heterocycles. The minimum Gasteiger partial charge on any atom is -0.462 e. The molecule has 0 amide bonds. The van der Waals surface area contributed by atoms with Gasteiger partial charge < -0.3 is 14.2 Å². The molecule has 0 aromatic heterocycles. The van der Waals surface area contributed by atoms with Gasteiger partial charge in [-0.25, -0.2) is 0 Å². The van der Waals surface area contributed by atoms with E-state index < -0.39 is 6.10 Å². The van der Waals surface area contributed by atoms with Crippen LogP contribution in [0.15, 0.2) is 0 Å². The van der Waals surface area contributed by atoms with Gasteiger partial charge in [0.05, 0.1) is 0 Å². The monoisotopic (exact) mass is 947 g/mol. The van der Waals surface area contributed by atoms with Gasteiger partial charge in [0.25, 0.3) is 0 Å². The second-order valence-corrected chi connectivity index (χ2v) is 21.9. The first-order chi connectivity index (χ1) is 32.7. The minimum absolute atomic E-state index is 0.0625. The molecule has 0 bridgehead atoms. The van der Waals surface area contributed by atoms with Crippen molar-refractivity contribution in [3.8, 4) is 0 Å². The second-order valence-electron chi connectivity index (χ2n) is 21.9. The SMILES string of the molecule is CCCCCCCCCCCCCCCCCCCCC(=O)O[C@H](COC(=O)CCCCCCCCCCCCCCCCCC(C)C)COC(=O)CCCCCCCCCCCCC(C)C. The van der Waals surface area contributed by atoms with Crippen LogP contribution in [0.3, 0.4) is 0 Å². The Kier molecular flexibility index (Phi) is 52.5. The Hall–Kier alpha value is -1.59. The third kappa shape index (κ3) is 55.2. The number of carbonyl (C=O) groups is 3. The van der Waals surface area contributed by atoms with Crippen molar-refractivity contribution in [2.24, 2.45) is 11.8 Å². The summed E-state index contributed by atoms with van der Waals surface area (Å²) in [4.78, 5) is 38.2. The molecule has 0 fully saturated rings. The van der Waals surface area contributed by atoms with Crippen molar-refractivity contribution >= 4 is 17.9 Å². The van der Waals surface area contributed by atoms with Crippen molar-refractivity contribution in [1.82, 2.24) is 0 Å². The molecule has 6 nitrogen and oxygen atoms in total. The van der Waals surface area contributed by atoms with E-state index in [0.717, 1.165) is 69.6 Å². The summed E-state index contributed by atoms with van der Waals surface area (Å²) < 4.78 is 16.9. The maximum atomic E-state index is 12.9. The number of hydrogen-bond acceptors (Lipinski definition) is 6. The summed E-state index contributed by atoms with van der Waals surface area (Å²) in [6.45, 7) is 11.4. The molecule has 0 aliphatic carbocycles. The topological polar surface area (TPSA) is 78.9 Å². The molecule has 0 aliphatic heterocycles. The summed E-state index contributed by atoms with van der Waals surface area (Å²) in [5.74, 6) is 0.831. The van der Waals surface area contributed by atoms with Crippen molar-refractivity contribution in [3.63, 3.8) is 0 Å². The molecule has 0 aromatic carbocycles. The van der Waals surface area contributed by atoms with Gasteiger partial charge in [-0.2, -0.15) is 0 Å². The van der Waals surface area contributed by atoms with E-state index in [9.17, 15) is 14.4 Å². The van der Waals surface area contributed by atoms with E-state index in [1.807, 2.05) is 0 Å². The average Bonchev–Trinajstić information content (AvgIpc) is 3.30. The highest BCUT2D eigenvalue weighted by Gasteiger charge is 2.19. The Morgan fingerprint density at radius 1 is 0.284 bits per heavy atom. The molecule has 0 saturated heterocycles.